The molecule has 1 fully saturated rings. The van der Waals surface area contributed by atoms with Crippen LogP contribution in [0.4, 0.5) is 0 Å². The van der Waals surface area contributed by atoms with E-state index in [9.17, 15) is 13.2 Å². The van der Waals surface area contributed by atoms with Crippen molar-refractivity contribution < 1.29 is 17.9 Å². The summed E-state index contributed by atoms with van der Waals surface area (Å²) in [6.45, 7) is 6.71. The van der Waals surface area contributed by atoms with Gasteiger partial charge in [0.05, 0.1) is 17.1 Å². The van der Waals surface area contributed by atoms with Crippen LogP contribution in [0.2, 0.25) is 0 Å². The number of hydrogen-bond donors (Lipinski definition) is 1. The Labute approximate surface area is 160 Å². The third-order valence-corrected chi connectivity index (χ3v) is 6.37. The summed E-state index contributed by atoms with van der Waals surface area (Å²) < 4.78 is 31.9. The number of hydrogen-bond acceptors (Lipinski definition) is 5. The molecule has 0 unspecified atom stereocenters. The Morgan fingerprint density at radius 3 is 2.31 bits per heavy atom. The van der Waals surface area contributed by atoms with Crippen LogP contribution < -0.4 is 5.32 Å². The fraction of sp³-hybridized carbons (Fsp3) is 0.529. The smallest absolute Gasteiger partial charge is 0.338 e. The lowest BCUT2D eigenvalue weighted by molar-refractivity contribution is 0.0526. The van der Waals surface area contributed by atoms with Crippen molar-refractivity contribution >= 4 is 33.3 Å². The Bertz CT molecular complexity index is 727. The largest absolute Gasteiger partial charge is 0.462 e. The summed E-state index contributed by atoms with van der Waals surface area (Å²) in [6.07, 6.45) is 0.982. The molecule has 9 heteroatoms. The van der Waals surface area contributed by atoms with Crippen molar-refractivity contribution in [1.82, 2.24) is 14.5 Å². The second-order valence-corrected chi connectivity index (χ2v) is 8.19. The molecule has 0 atom stereocenters. The lowest BCUT2D eigenvalue weighted by Gasteiger charge is -2.35. The maximum absolute atomic E-state index is 12.8. The molecule has 144 valence electrons. The van der Waals surface area contributed by atoms with Crippen molar-refractivity contribution in [3.05, 3.63) is 29.8 Å². The fourth-order valence-corrected chi connectivity index (χ4v) is 4.31. The van der Waals surface area contributed by atoms with Gasteiger partial charge in [0.1, 0.15) is 0 Å². The molecule has 1 aliphatic heterocycles. The van der Waals surface area contributed by atoms with E-state index in [-0.39, 0.29) is 11.5 Å². The topological polar surface area (TPSA) is 79.0 Å². The average molecular weight is 400 g/mol. The minimum atomic E-state index is -3.59. The molecule has 0 aliphatic carbocycles. The van der Waals surface area contributed by atoms with E-state index in [1.165, 1.54) is 28.6 Å². The van der Waals surface area contributed by atoms with Crippen LogP contribution in [0.15, 0.2) is 29.2 Å². The summed E-state index contributed by atoms with van der Waals surface area (Å²) in [5, 5.41) is 3.83. The van der Waals surface area contributed by atoms with Crippen LogP contribution in [0.3, 0.4) is 0 Å². The lowest BCUT2D eigenvalue weighted by atomic mass is 10.2. The molecule has 0 spiro atoms. The van der Waals surface area contributed by atoms with Gasteiger partial charge in [0.2, 0.25) is 10.0 Å². The predicted molar refractivity (Wildman–Crippen MR) is 104 cm³/mol. The molecule has 0 bridgehead atoms. The highest BCUT2D eigenvalue weighted by atomic mass is 32.2. The normalized spacial score (nSPS) is 15.5. The van der Waals surface area contributed by atoms with E-state index >= 15 is 0 Å². The first-order chi connectivity index (χ1) is 12.4. The molecule has 1 saturated heterocycles. The third kappa shape index (κ3) is 4.93. The Balaban J connectivity index is 2.00. The van der Waals surface area contributed by atoms with E-state index in [2.05, 4.69) is 12.2 Å². The molecule has 0 amide bonds. The van der Waals surface area contributed by atoms with Crippen LogP contribution >= 0.6 is 12.2 Å². The maximum atomic E-state index is 12.8. The number of nitrogens with one attached hydrogen (secondary N) is 1. The Morgan fingerprint density at radius 2 is 1.77 bits per heavy atom. The number of nitrogens with zero attached hydrogens (tertiary/aromatic N) is 2. The molecule has 1 aromatic rings. The first-order valence-corrected chi connectivity index (χ1v) is 10.5. The number of thiocarbonyl (C=S) groups is 1. The number of carbonyl (C=O) groups is 1. The number of ether oxygens (including phenoxy) is 1. The number of piperazine rings is 1. The molecule has 1 heterocycles. The van der Waals surface area contributed by atoms with Gasteiger partial charge < -0.3 is 15.0 Å². The minimum Gasteiger partial charge on any atom is -0.462 e. The van der Waals surface area contributed by atoms with E-state index in [0.29, 0.717) is 36.9 Å². The summed E-state index contributed by atoms with van der Waals surface area (Å²) in [7, 11) is -3.59. The van der Waals surface area contributed by atoms with Gasteiger partial charge in [-0.15, -0.1) is 0 Å². The number of rotatable bonds is 6. The lowest BCUT2D eigenvalue weighted by Crippen LogP contribution is -2.53. The van der Waals surface area contributed by atoms with E-state index in [0.717, 1.165) is 13.0 Å². The quantitative estimate of drug-likeness (QED) is 0.573. The van der Waals surface area contributed by atoms with Crippen LogP contribution in [0.25, 0.3) is 0 Å². The van der Waals surface area contributed by atoms with Crippen molar-refractivity contribution in [1.29, 1.82) is 0 Å². The highest BCUT2D eigenvalue weighted by Gasteiger charge is 2.29. The van der Waals surface area contributed by atoms with E-state index in [4.69, 9.17) is 17.0 Å². The van der Waals surface area contributed by atoms with Crippen molar-refractivity contribution in [3.8, 4) is 0 Å². The Hall–Kier alpha value is -1.71. The van der Waals surface area contributed by atoms with E-state index < -0.39 is 16.0 Å². The zero-order valence-corrected chi connectivity index (χ0v) is 16.7. The van der Waals surface area contributed by atoms with E-state index in [1.54, 1.807) is 6.92 Å². The van der Waals surface area contributed by atoms with Crippen LogP contribution in [0.1, 0.15) is 30.6 Å². The van der Waals surface area contributed by atoms with Crippen LogP contribution in [-0.2, 0) is 14.8 Å². The zero-order valence-electron chi connectivity index (χ0n) is 15.1. The molecule has 7 nitrogen and oxygen atoms in total. The molecule has 2 rings (SSSR count). The molecule has 0 aromatic heterocycles. The number of carbonyl (C=O) groups excluding carboxylic acids is 1. The van der Waals surface area contributed by atoms with Gasteiger partial charge >= 0.3 is 5.97 Å². The van der Waals surface area contributed by atoms with Crippen molar-refractivity contribution in [2.24, 2.45) is 0 Å². The van der Waals surface area contributed by atoms with E-state index in [1.807, 2.05) is 4.90 Å². The summed E-state index contributed by atoms with van der Waals surface area (Å²) in [5.74, 6) is -0.460. The number of benzene rings is 1. The van der Waals surface area contributed by atoms with Gasteiger partial charge in [-0.25, -0.2) is 13.2 Å². The van der Waals surface area contributed by atoms with Gasteiger partial charge in [0, 0.05) is 32.7 Å². The first kappa shape index (κ1) is 20.6. The van der Waals surface area contributed by atoms with Crippen LogP contribution in [-0.4, -0.2) is 68.0 Å². The first-order valence-electron chi connectivity index (χ1n) is 8.70. The summed E-state index contributed by atoms with van der Waals surface area (Å²) >= 11 is 5.33. The SMILES string of the molecule is CCCNC(=S)N1CCN(S(=O)(=O)c2ccc(C(=O)OCC)cc2)CC1. The fourth-order valence-electron chi connectivity index (χ4n) is 2.60. The predicted octanol–water partition coefficient (Wildman–Crippen LogP) is 1.45. The van der Waals surface area contributed by atoms with Gasteiger partial charge in [-0.3, -0.25) is 0 Å². The van der Waals surface area contributed by atoms with Gasteiger partial charge in [0.15, 0.2) is 5.11 Å². The van der Waals surface area contributed by atoms with Gasteiger partial charge in [-0.1, -0.05) is 6.92 Å². The second-order valence-electron chi connectivity index (χ2n) is 5.87. The molecule has 1 N–H and O–H groups in total. The maximum Gasteiger partial charge on any atom is 0.338 e. The Kier molecular flexibility index (Phi) is 7.36. The second kappa shape index (κ2) is 9.29. The van der Waals surface area contributed by atoms with Crippen molar-refractivity contribution in [2.45, 2.75) is 25.2 Å². The molecule has 1 aliphatic rings. The van der Waals surface area contributed by atoms with Crippen LogP contribution in [0, 0.1) is 0 Å². The van der Waals surface area contributed by atoms with Gasteiger partial charge in [-0.05, 0) is 49.8 Å². The molecular formula is C17H25N3O4S2. The van der Waals surface area contributed by atoms with Crippen molar-refractivity contribution in [3.63, 3.8) is 0 Å². The average Bonchev–Trinajstić information content (AvgIpc) is 2.66. The highest BCUT2D eigenvalue weighted by molar-refractivity contribution is 7.89. The third-order valence-electron chi connectivity index (χ3n) is 4.06. The highest BCUT2D eigenvalue weighted by Crippen LogP contribution is 2.18. The minimum absolute atomic E-state index is 0.172. The van der Waals surface area contributed by atoms with Gasteiger partial charge in [-0.2, -0.15) is 4.31 Å². The zero-order chi connectivity index (χ0) is 19.2. The summed E-state index contributed by atoms with van der Waals surface area (Å²) in [6, 6.07) is 5.85. The van der Waals surface area contributed by atoms with Gasteiger partial charge in [0.25, 0.3) is 0 Å². The van der Waals surface area contributed by atoms with Crippen LogP contribution in [0.5, 0.6) is 0 Å². The number of sulfonamides is 1. The molecular weight excluding hydrogens is 374 g/mol. The van der Waals surface area contributed by atoms with Crippen molar-refractivity contribution in [2.75, 3.05) is 39.3 Å². The monoisotopic (exact) mass is 399 g/mol. The Morgan fingerprint density at radius 1 is 1.15 bits per heavy atom. The number of esters is 1. The summed E-state index contributed by atoms with van der Waals surface area (Å²) in [4.78, 5) is 13.8. The standard InChI is InChI=1S/C17H25N3O4S2/c1-3-9-18-17(25)19-10-12-20(13-11-19)26(22,23)15-7-5-14(6-8-15)16(21)24-4-2/h5-8H,3-4,9-13H2,1-2H3,(H,18,25). The molecule has 26 heavy (non-hydrogen) atoms. The molecule has 1 aromatic carbocycles. The molecule has 0 radical (unpaired) electrons. The summed E-state index contributed by atoms with van der Waals surface area (Å²) in [5.41, 5.74) is 0.336. The molecule has 0 saturated carbocycles.